The van der Waals surface area contributed by atoms with Crippen LogP contribution in [0.2, 0.25) is 0 Å². The summed E-state index contributed by atoms with van der Waals surface area (Å²) in [6, 6.07) is 1.69. The smallest absolute Gasteiger partial charge is 0.412 e. The molecule has 1 aromatic heterocycles. The molecule has 0 radical (unpaired) electrons. The van der Waals surface area contributed by atoms with Crippen molar-refractivity contribution in [2.24, 2.45) is 5.73 Å². The van der Waals surface area contributed by atoms with E-state index in [1.807, 2.05) is 6.92 Å². The summed E-state index contributed by atoms with van der Waals surface area (Å²) in [5.41, 5.74) is 5.00. The van der Waals surface area contributed by atoms with E-state index in [-0.39, 0.29) is 0 Å². The van der Waals surface area contributed by atoms with Crippen LogP contribution in [0.4, 0.5) is 9.80 Å². The molecule has 0 spiro atoms. The molecular weight excluding hydrogens is 252 g/mol. The molecule has 1 heterocycles. The number of amides is 2. The van der Waals surface area contributed by atoms with Crippen LogP contribution in [0.25, 0.3) is 0 Å². The summed E-state index contributed by atoms with van der Waals surface area (Å²) >= 11 is 1.33. The monoisotopic (exact) mass is 270 g/mol. The quantitative estimate of drug-likeness (QED) is 0.886. The van der Waals surface area contributed by atoms with Gasteiger partial charge in [0.1, 0.15) is 10.6 Å². The standard InChI is InChI=1S/C12H18N2O3S/c1-5-7-6-8(9(13)15)10(18-7)14-11(16)17-12(2,3)4/h6H,5H2,1-4H3,(H2,13,15)(H,14,16). The summed E-state index contributed by atoms with van der Waals surface area (Å²) in [6.45, 7) is 7.28. The molecule has 5 nitrogen and oxygen atoms in total. The lowest BCUT2D eigenvalue weighted by Gasteiger charge is -2.19. The number of ether oxygens (including phenoxy) is 1. The largest absolute Gasteiger partial charge is 0.444 e. The van der Waals surface area contributed by atoms with E-state index in [2.05, 4.69) is 5.32 Å². The maximum atomic E-state index is 11.6. The number of hydrogen-bond donors (Lipinski definition) is 2. The first-order chi connectivity index (χ1) is 8.23. The van der Waals surface area contributed by atoms with Crippen molar-refractivity contribution in [2.45, 2.75) is 39.7 Å². The maximum Gasteiger partial charge on any atom is 0.412 e. The summed E-state index contributed by atoms with van der Waals surface area (Å²) < 4.78 is 5.12. The molecule has 0 saturated carbocycles. The average Bonchev–Trinajstić information content (AvgIpc) is 2.57. The fourth-order valence-corrected chi connectivity index (χ4v) is 2.28. The highest BCUT2D eigenvalue weighted by molar-refractivity contribution is 7.16. The zero-order valence-electron chi connectivity index (χ0n) is 11.0. The number of hydrogen-bond acceptors (Lipinski definition) is 4. The molecular formula is C12H18N2O3S. The molecule has 18 heavy (non-hydrogen) atoms. The minimum absolute atomic E-state index is 0.322. The van der Waals surface area contributed by atoms with Gasteiger partial charge in [-0.2, -0.15) is 0 Å². The van der Waals surface area contributed by atoms with Crippen molar-refractivity contribution >= 4 is 28.3 Å². The lowest BCUT2D eigenvalue weighted by molar-refractivity contribution is 0.0636. The summed E-state index contributed by atoms with van der Waals surface area (Å²) in [6.07, 6.45) is 0.190. The molecule has 0 aromatic carbocycles. The van der Waals surface area contributed by atoms with Gasteiger partial charge in [-0.15, -0.1) is 11.3 Å². The van der Waals surface area contributed by atoms with Gasteiger partial charge < -0.3 is 10.5 Å². The Morgan fingerprint density at radius 3 is 2.50 bits per heavy atom. The van der Waals surface area contributed by atoms with Crippen molar-refractivity contribution in [2.75, 3.05) is 5.32 Å². The minimum atomic E-state index is -0.588. The first-order valence-electron chi connectivity index (χ1n) is 5.65. The van der Waals surface area contributed by atoms with E-state index < -0.39 is 17.6 Å². The normalized spacial score (nSPS) is 11.1. The van der Waals surface area contributed by atoms with Crippen LogP contribution in [0.3, 0.4) is 0 Å². The van der Waals surface area contributed by atoms with Gasteiger partial charge in [0.05, 0.1) is 5.56 Å². The first kappa shape index (κ1) is 14.5. The Balaban J connectivity index is 2.86. The average molecular weight is 270 g/mol. The van der Waals surface area contributed by atoms with E-state index >= 15 is 0 Å². The number of aryl methyl sites for hydroxylation is 1. The van der Waals surface area contributed by atoms with Gasteiger partial charge in [-0.25, -0.2) is 4.79 Å². The Labute approximate surface area is 110 Å². The third-order valence-electron chi connectivity index (χ3n) is 2.01. The van der Waals surface area contributed by atoms with E-state index in [9.17, 15) is 9.59 Å². The van der Waals surface area contributed by atoms with Crippen molar-refractivity contribution in [3.63, 3.8) is 0 Å². The van der Waals surface area contributed by atoms with Crippen molar-refractivity contribution in [3.8, 4) is 0 Å². The molecule has 0 aliphatic rings. The predicted octanol–water partition coefficient (Wildman–Crippen LogP) is 2.76. The van der Waals surface area contributed by atoms with Gasteiger partial charge in [-0.1, -0.05) is 6.92 Å². The molecule has 1 aromatic rings. The number of primary amides is 1. The summed E-state index contributed by atoms with van der Waals surface area (Å²) in [5.74, 6) is -0.558. The summed E-state index contributed by atoms with van der Waals surface area (Å²) in [4.78, 5) is 23.9. The van der Waals surface area contributed by atoms with Gasteiger partial charge in [0, 0.05) is 4.88 Å². The Morgan fingerprint density at radius 2 is 2.06 bits per heavy atom. The fraction of sp³-hybridized carbons (Fsp3) is 0.500. The molecule has 0 saturated heterocycles. The number of carbonyl (C=O) groups is 2. The summed E-state index contributed by atoms with van der Waals surface area (Å²) in [5, 5.41) is 3.00. The first-order valence-corrected chi connectivity index (χ1v) is 6.47. The van der Waals surface area contributed by atoms with Crippen LogP contribution in [0, 0.1) is 0 Å². The van der Waals surface area contributed by atoms with Gasteiger partial charge in [0.15, 0.2) is 0 Å². The predicted molar refractivity (Wildman–Crippen MR) is 72.1 cm³/mol. The molecule has 0 bridgehead atoms. The summed E-state index contributed by atoms with van der Waals surface area (Å²) in [7, 11) is 0. The van der Waals surface area contributed by atoms with Crippen LogP contribution >= 0.6 is 11.3 Å². The SMILES string of the molecule is CCc1cc(C(N)=O)c(NC(=O)OC(C)(C)C)s1. The van der Waals surface area contributed by atoms with Crippen molar-refractivity contribution < 1.29 is 14.3 Å². The topological polar surface area (TPSA) is 81.4 Å². The zero-order valence-corrected chi connectivity index (χ0v) is 11.8. The molecule has 2 amide bonds. The molecule has 6 heteroatoms. The molecule has 0 fully saturated rings. The maximum absolute atomic E-state index is 11.6. The second-order valence-electron chi connectivity index (χ2n) is 4.80. The van der Waals surface area contributed by atoms with Gasteiger partial charge in [0.2, 0.25) is 0 Å². The third kappa shape index (κ3) is 4.03. The molecule has 1 rings (SSSR count). The number of rotatable bonds is 3. The Bertz CT molecular complexity index is 460. The van der Waals surface area contributed by atoms with Crippen LogP contribution in [-0.4, -0.2) is 17.6 Å². The highest BCUT2D eigenvalue weighted by Gasteiger charge is 2.20. The van der Waals surface area contributed by atoms with Crippen LogP contribution in [0.5, 0.6) is 0 Å². The second-order valence-corrected chi connectivity index (χ2v) is 5.94. The third-order valence-corrected chi connectivity index (χ3v) is 3.21. The molecule has 0 aliphatic heterocycles. The molecule has 0 aliphatic carbocycles. The zero-order chi connectivity index (χ0) is 13.9. The molecule has 3 N–H and O–H groups in total. The lowest BCUT2D eigenvalue weighted by Crippen LogP contribution is -2.27. The Morgan fingerprint density at radius 1 is 1.44 bits per heavy atom. The minimum Gasteiger partial charge on any atom is -0.444 e. The highest BCUT2D eigenvalue weighted by atomic mass is 32.1. The van der Waals surface area contributed by atoms with Crippen LogP contribution in [0.1, 0.15) is 42.9 Å². The number of carbonyl (C=O) groups excluding carboxylic acids is 2. The van der Waals surface area contributed by atoms with Crippen molar-refractivity contribution in [3.05, 3.63) is 16.5 Å². The van der Waals surface area contributed by atoms with E-state index in [0.29, 0.717) is 10.6 Å². The second kappa shape index (κ2) is 5.39. The molecule has 0 atom stereocenters. The Hall–Kier alpha value is -1.56. The van der Waals surface area contributed by atoms with Gasteiger partial charge in [0.25, 0.3) is 5.91 Å². The number of anilines is 1. The van der Waals surface area contributed by atoms with Crippen LogP contribution < -0.4 is 11.1 Å². The number of nitrogens with one attached hydrogen (secondary N) is 1. The van der Waals surface area contributed by atoms with Gasteiger partial charge in [-0.3, -0.25) is 10.1 Å². The van der Waals surface area contributed by atoms with E-state index in [1.54, 1.807) is 26.8 Å². The molecule has 100 valence electrons. The Kier molecular flexibility index (Phi) is 4.34. The highest BCUT2D eigenvalue weighted by Crippen LogP contribution is 2.28. The van der Waals surface area contributed by atoms with Gasteiger partial charge in [-0.05, 0) is 33.3 Å². The lowest BCUT2D eigenvalue weighted by atomic mass is 10.2. The van der Waals surface area contributed by atoms with Crippen LogP contribution in [0.15, 0.2) is 6.07 Å². The number of nitrogens with two attached hydrogens (primary N) is 1. The van der Waals surface area contributed by atoms with Gasteiger partial charge >= 0.3 is 6.09 Å². The van der Waals surface area contributed by atoms with Crippen LogP contribution in [-0.2, 0) is 11.2 Å². The van der Waals surface area contributed by atoms with E-state index in [4.69, 9.17) is 10.5 Å². The molecule has 0 unspecified atom stereocenters. The van der Waals surface area contributed by atoms with Crippen molar-refractivity contribution in [1.29, 1.82) is 0 Å². The van der Waals surface area contributed by atoms with E-state index in [0.717, 1.165) is 11.3 Å². The fourth-order valence-electron chi connectivity index (χ4n) is 1.29. The van der Waals surface area contributed by atoms with Crippen molar-refractivity contribution in [1.82, 2.24) is 0 Å². The number of thiophene rings is 1. The van der Waals surface area contributed by atoms with E-state index in [1.165, 1.54) is 11.3 Å².